The molecule has 0 aliphatic carbocycles. The third kappa shape index (κ3) is 4.16. The second-order valence-corrected chi connectivity index (χ2v) is 15.6. The number of nitriles is 1. The summed E-state index contributed by atoms with van der Waals surface area (Å²) in [7, 11) is -2.74. The Morgan fingerprint density at radius 3 is 2.14 bits per heavy atom. The minimum atomic E-state index is -2.74. The van der Waals surface area contributed by atoms with Crippen LogP contribution in [0.15, 0.2) is 72.8 Å². The fraction of sp³-hybridized carbons (Fsp3) is 0.333. The van der Waals surface area contributed by atoms with Crippen molar-refractivity contribution in [3.63, 3.8) is 0 Å². The van der Waals surface area contributed by atoms with Crippen molar-refractivity contribution in [1.82, 2.24) is 4.90 Å². The van der Waals surface area contributed by atoms with Crippen LogP contribution in [0.4, 0.5) is 10.5 Å². The molecule has 2 aliphatic rings. The normalized spacial score (nSPS) is 19.7. The van der Waals surface area contributed by atoms with E-state index in [1.165, 1.54) is 10.4 Å². The number of rotatable bonds is 5. The molecule has 37 heavy (non-hydrogen) atoms. The zero-order valence-electron chi connectivity index (χ0n) is 21.7. The molecule has 2 aliphatic heterocycles. The fourth-order valence-electron chi connectivity index (χ4n) is 6.01. The number of carbonyl (C=O) groups is 1. The van der Waals surface area contributed by atoms with Gasteiger partial charge in [0.05, 0.1) is 29.3 Å². The van der Waals surface area contributed by atoms with Gasteiger partial charge in [-0.1, -0.05) is 93.0 Å². The highest BCUT2D eigenvalue weighted by Crippen LogP contribution is 2.42. The first kappa shape index (κ1) is 25.5. The molecule has 5 nitrogen and oxygen atoms in total. The number of benzene rings is 3. The third-order valence-electron chi connectivity index (χ3n) is 7.84. The van der Waals surface area contributed by atoms with Gasteiger partial charge in [0.1, 0.15) is 6.07 Å². The standard InChI is InChI=1S/C30H32ClN3O2Si/c1-21-25(16-15-22(19-32)28(21)31)34-20-26-27(17-18-33(26)29(34)35)36-37(30(2,3)4,23-11-7-5-8-12-23)24-13-9-6-10-14-24/h5-16,26-27H,17-18,20H2,1-4H3/t26-,27-/m1/s1. The quantitative estimate of drug-likeness (QED) is 0.411. The van der Waals surface area contributed by atoms with E-state index in [1.54, 1.807) is 11.0 Å². The lowest BCUT2D eigenvalue weighted by atomic mass is 10.1. The summed E-state index contributed by atoms with van der Waals surface area (Å²) in [6.45, 7) is 9.89. The SMILES string of the molecule is Cc1c(N2C[C@@H]3[C@H](O[Si](c4ccccc4)(c4ccccc4)C(C)(C)C)CCN3C2=O)ccc(C#N)c1Cl. The van der Waals surface area contributed by atoms with E-state index in [0.29, 0.717) is 23.7 Å². The molecule has 2 atom stereocenters. The van der Waals surface area contributed by atoms with E-state index in [-0.39, 0.29) is 23.2 Å². The van der Waals surface area contributed by atoms with Crippen molar-refractivity contribution in [3.05, 3.63) is 88.9 Å². The summed E-state index contributed by atoms with van der Waals surface area (Å²) in [5.41, 5.74) is 1.93. The summed E-state index contributed by atoms with van der Waals surface area (Å²) < 4.78 is 7.42. The van der Waals surface area contributed by atoms with Gasteiger partial charge in [0.15, 0.2) is 0 Å². The van der Waals surface area contributed by atoms with Crippen molar-refractivity contribution >= 4 is 42.0 Å². The van der Waals surface area contributed by atoms with E-state index < -0.39 is 8.32 Å². The van der Waals surface area contributed by atoms with E-state index in [2.05, 4.69) is 75.4 Å². The predicted molar refractivity (Wildman–Crippen MR) is 151 cm³/mol. The maximum atomic E-state index is 13.6. The number of carbonyl (C=O) groups excluding carboxylic acids is 1. The summed E-state index contributed by atoms with van der Waals surface area (Å²) in [6, 6.07) is 26.8. The van der Waals surface area contributed by atoms with Gasteiger partial charge in [0.2, 0.25) is 0 Å². The van der Waals surface area contributed by atoms with Crippen LogP contribution in [-0.2, 0) is 4.43 Å². The minimum absolute atomic E-state index is 0.0255. The summed E-state index contributed by atoms with van der Waals surface area (Å²) in [6.07, 6.45) is 0.719. The van der Waals surface area contributed by atoms with E-state index in [1.807, 2.05) is 30.0 Å². The number of fused-ring (bicyclic) bond motifs is 1. The van der Waals surface area contributed by atoms with Gasteiger partial charge in [-0.25, -0.2) is 4.79 Å². The Kier molecular flexibility index (Phi) is 6.65. The van der Waals surface area contributed by atoms with Crippen LogP contribution in [0.25, 0.3) is 0 Å². The Balaban J connectivity index is 1.53. The van der Waals surface area contributed by atoms with Crippen LogP contribution in [0.2, 0.25) is 10.1 Å². The van der Waals surface area contributed by atoms with Gasteiger partial charge in [-0.15, -0.1) is 0 Å². The zero-order valence-corrected chi connectivity index (χ0v) is 23.5. The maximum absolute atomic E-state index is 13.6. The van der Waals surface area contributed by atoms with Crippen LogP contribution >= 0.6 is 11.6 Å². The summed E-state index contributed by atoms with van der Waals surface area (Å²) in [4.78, 5) is 17.3. The Bertz CT molecular complexity index is 1310. The van der Waals surface area contributed by atoms with Crippen LogP contribution in [0, 0.1) is 18.3 Å². The lowest BCUT2D eigenvalue weighted by Gasteiger charge is -2.45. The highest BCUT2D eigenvalue weighted by atomic mass is 35.5. The lowest BCUT2D eigenvalue weighted by molar-refractivity contribution is 0.155. The van der Waals surface area contributed by atoms with Gasteiger partial charge in [-0.3, -0.25) is 4.90 Å². The Hall–Kier alpha value is -3.11. The average Bonchev–Trinajstić information content (AvgIpc) is 3.44. The Morgan fingerprint density at radius 1 is 1.00 bits per heavy atom. The Labute approximate surface area is 225 Å². The van der Waals surface area contributed by atoms with E-state index in [4.69, 9.17) is 16.0 Å². The molecule has 2 fully saturated rings. The highest BCUT2D eigenvalue weighted by molar-refractivity contribution is 6.99. The van der Waals surface area contributed by atoms with Crippen molar-refractivity contribution in [3.8, 4) is 6.07 Å². The van der Waals surface area contributed by atoms with Gasteiger partial charge < -0.3 is 9.33 Å². The smallest absolute Gasteiger partial charge is 0.324 e. The summed E-state index contributed by atoms with van der Waals surface area (Å²) in [5.74, 6) is 0. The molecule has 0 saturated carbocycles. The number of anilines is 1. The second-order valence-electron chi connectivity index (χ2n) is 10.9. The maximum Gasteiger partial charge on any atom is 0.324 e. The molecule has 0 unspecified atom stereocenters. The first-order valence-electron chi connectivity index (χ1n) is 12.7. The molecule has 5 rings (SSSR count). The van der Waals surface area contributed by atoms with Gasteiger partial charge in [-0.2, -0.15) is 5.26 Å². The molecule has 7 heteroatoms. The number of urea groups is 1. The predicted octanol–water partition coefficient (Wildman–Crippen LogP) is 5.48. The largest absolute Gasteiger partial charge is 0.402 e. The second kappa shape index (κ2) is 9.64. The van der Waals surface area contributed by atoms with Crippen LogP contribution in [0.3, 0.4) is 0 Å². The van der Waals surface area contributed by atoms with Crippen LogP contribution < -0.4 is 15.3 Å². The first-order chi connectivity index (χ1) is 17.7. The number of nitrogens with zero attached hydrogens (tertiary/aromatic N) is 3. The van der Waals surface area contributed by atoms with Gasteiger partial charge in [0, 0.05) is 12.2 Å². The zero-order chi connectivity index (χ0) is 26.4. The van der Waals surface area contributed by atoms with Crippen molar-refractivity contribution in [2.45, 2.75) is 51.3 Å². The molecule has 2 amide bonds. The monoisotopic (exact) mass is 529 g/mol. The molecule has 2 heterocycles. The van der Waals surface area contributed by atoms with Crippen LogP contribution in [-0.4, -0.2) is 44.5 Å². The van der Waals surface area contributed by atoms with Crippen molar-refractivity contribution < 1.29 is 9.22 Å². The highest BCUT2D eigenvalue weighted by Gasteiger charge is 2.55. The summed E-state index contributed by atoms with van der Waals surface area (Å²) >= 11 is 6.45. The molecule has 190 valence electrons. The number of hydrogen-bond donors (Lipinski definition) is 0. The van der Waals surface area contributed by atoms with Crippen molar-refractivity contribution in [1.29, 1.82) is 5.26 Å². The number of halogens is 1. The van der Waals surface area contributed by atoms with Crippen molar-refractivity contribution in [2.75, 3.05) is 18.0 Å². The van der Waals surface area contributed by atoms with Gasteiger partial charge in [0.25, 0.3) is 8.32 Å². The van der Waals surface area contributed by atoms with E-state index in [0.717, 1.165) is 17.7 Å². The summed E-state index contributed by atoms with van der Waals surface area (Å²) in [5, 5.41) is 12.1. The lowest BCUT2D eigenvalue weighted by Crippen LogP contribution is -2.68. The molecular weight excluding hydrogens is 498 g/mol. The molecule has 0 aromatic heterocycles. The average molecular weight is 530 g/mol. The van der Waals surface area contributed by atoms with Gasteiger partial charge in [-0.05, 0) is 46.5 Å². The van der Waals surface area contributed by atoms with E-state index >= 15 is 0 Å². The van der Waals surface area contributed by atoms with Crippen LogP contribution in [0.5, 0.6) is 0 Å². The minimum Gasteiger partial charge on any atom is -0.402 e. The van der Waals surface area contributed by atoms with Crippen LogP contribution in [0.1, 0.15) is 38.3 Å². The number of amides is 2. The topological polar surface area (TPSA) is 56.6 Å². The van der Waals surface area contributed by atoms with Gasteiger partial charge >= 0.3 is 6.03 Å². The molecule has 0 bridgehead atoms. The molecular formula is C30H32ClN3O2Si. The van der Waals surface area contributed by atoms with E-state index in [9.17, 15) is 10.1 Å². The molecule has 3 aromatic rings. The third-order valence-corrected chi connectivity index (χ3v) is 13.4. The first-order valence-corrected chi connectivity index (χ1v) is 15.0. The fourth-order valence-corrected chi connectivity index (χ4v) is 11.0. The molecule has 0 spiro atoms. The molecule has 2 saturated heterocycles. The molecule has 0 radical (unpaired) electrons. The molecule has 0 N–H and O–H groups in total. The number of hydrogen-bond acceptors (Lipinski definition) is 3. The molecule has 3 aromatic carbocycles. The van der Waals surface area contributed by atoms with Crippen molar-refractivity contribution in [2.24, 2.45) is 0 Å². The Morgan fingerprint density at radius 2 is 1.59 bits per heavy atom.